The van der Waals surface area contributed by atoms with Gasteiger partial charge < -0.3 is 9.64 Å². The Hall–Kier alpha value is -1.35. The minimum absolute atomic E-state index is 0.155. The van der Waals surface area contributed by atoms with E-state index >= 15 is 0 Å². The van der Waals surface area contributed by atoms with E-state index in [1.54, 1.807) is 0 Å². The van der Waals surface area contributed by atoms with E-state index in [-0.39, 0.29) is 12.1 Å². The van der Waals surface area contributed by atoms with Crippen molar-refractivity contribution in [1.82, 2.24) is 4.90 Å². The number of hydrogen-bond acceptors (Lipinski definition) is 2. The van der Waals surface area contributed by atoms with Crippen molar-refractivity contribution >= 4 is 5.91 Å². The molecule has 1 amide bonds. The number of carbonyl (C=O) groups is 1. The minimum atomic E-state index is -0.155. The molecular weight excluding hydrogens is 262 g/mol. The van der Waals surface area contributed by atoms with Gasteiger partial charge in [0.05, 0.1) is 12.6 Å². The van der Waals surface area contributed by atoms with E-state index < -0.39 is 0 Å². The largest absolute Gasteiger partial charge is 0.352 e. The van der Waals surface area contributed by atoms with Crippen molar-refractivity contribution in [3.63, 3.8) is 0 Å². The van der Waals surface area contributed by atoms with Crippen LogP contribution in [0.3, 0.4) is 0 Å². The average Bonchev–Trinajstić information content (AvgIpc) is 3.10. The quantitative estimate of drug-likeness (QED) is 0.832. The summed E-state index contributed by atoms with van der Waals surface area (Å²) in [5.41, 5.74) is 1.11. The predicted octanol–water partition coefficient (Wildman–Crippen LogP) is 3.51. The van der Waals surface area contributed by atoms with Gasteiger partial charge in [-0.1, -0.05) is 49.6 Å². The van der Waals surface area contributed by atoms with Crippen LogP contribution in [0.15, 0.2) is 30.3 Å². The fraction of sp³-hybridized carbons (Fsp3) is 0.611. The minimum Gasteiger partial charge on any atom is -0.352 e. The first-order valence-corrected chi connectivity index (χ1v) is 8.33. The molecule has 3 heteroatoms. The molecule has 112 valence electrons. The summed E-state index contributed by atoms with van der Waals surface area (Å²) in [6.45, 7) is 0.703. The van der Waals surface area contributed by atoms with Crippen molar-refractivity contribution in [3.05, 3.63) is 35.9 Å². The van der Waals surface area contributed by atoms with Crippen LogP contribution in [0.4, 0.5) is 0 Å². The highest BCUT2D eigenvalue weighted by Crippen LogP contribution is 2.44. The van der Waals surface area contributed by atoms with Crippen molar-refractivity contribution in [3.8, 4) is 0 Å². The molecule has 1 aromatic rings. The normalized spacial score (nSPS) is 33.4. The summed E-state index contributed by atoms with van der Waals surface area (Å²) in [6, 6.07) is 10.5. The van der Waals surface area contributed by atoms with Crippen LogP contribution in [-0.2, 0) is 9.53 Å². The molecule has 0 bridgehead atoms. The van der Waals surface area contributed by atoms with E-state index in [9.17, 15) is 4.79 Å². The van der Waals surface area contributed by atoms with Gasteiger partial charge in [-0.25, -0.2) is 0 Å². The summed E-state index contributed by atoms with van der Waals surface area (Å²) in [5, 5.41) is 0. The van der Waals surface area contributed by atoms with Gasteiger partial charge in [0.15, 0.2) is 6.23 Å². The first kappa shape index (κ1) is 13.3. The molecule has 1 aliphatic carbocycles. The highest BCUT2D eigenvalue weighted by atomic mass is 16.5. The monoisotopic (exact) mass is 285 g/mol. The third kappa shape index (κ3) is 2.28. The second-order valence-corrected chi connectivity index (χ2v) is 6.74. The first-order chi connectivity index (χ1) is 10.3. The molecular formula is C18H23NO2. The second-order valence-electron chi connectivity index (χ2n) is 6.74. The fourth-order valence-corrected chi connectivity index (χ4v) is 4.42. The molecule has 0 spiro atoms. The molecule has 1 aromatic carbocycles. The molecule has 0 N–H and O–H groups in total. The number of fused-ring (bicyclic) bond motifs is 1. The lowest BCUT2D eigenvalue weighted by Gasteiger charge is -2.28. The fourth-order valence-electron chi connectivity index (χ4n) is 4.42. The van der Waals surface area contributed by atoms with Gasteiger partial charge in [-0.05, 0) is 25.2 Å². The van der Waals surface area contributed by atoms with Crippen LogP contribution in [0, 0.1) is 11.8 Å². The van der Waals surface area contributed by atoms with Gasteiger partial charge in [0.1, 0.15) is 0 Å². The van der Waals surface area contributed by atoms with Crippen LogP contribution in [0.25, 0.3) is 0 Å². The molecule has 2 aliphatic heterocycles. The van der Waals surface area contributed by atoms with Gasteiger partial charge in [-0.2, -0.15) is 0 Å². The van der Waals surface area contributed by atoms with Crippen molar-refractivity contribution in [2.45, 2.75) is 50.8 Å². The van der Waals surface area contributed by atoms with Crippen molar-refractivity contribution in [2.75, 3.05) is 6.61 Å². The lowest BCUT2D eigenvalue weighted by atomic mass is 9.79. The van der Waals surface area contributed by atoms with Crippen LogP contribution in [0.1, 0.15) is 50.3 Å². The van der Waals surface area contributed by atoms with Gasteiger partial charge in [0, 0.05) is 11.5 Å². The second kappa shape index (κ2) is 5.45. The Balaban J connectivity index is 1.54. The number of carbonyl (C=O) groups excluding carboxylic acids is 1. The summed E-state index contributed by atoms with van der Waals surface area (Å²) >= 11 is 0. The Labute approximate surface area is 126 Å². The maximum atomic E-state index is 12.9. The Kier molecular flexibility index (Phi) is 3.46. The molecule has 3 atom stereocenters. The maximum Gasteiger partial charge on any atom is 0.228 e. The molecule has 3 fully saturated rings. The highest BCUT2D eigenvalue weighted by molar-refractivity contribution is 5.82. The molecule has 3 aliphatic rings. The summed E-state index contributed by atoms with van der Waals surface area (Å²) < 4.78 is 5.92. The van der Waals surface area contributed by atoms with E-state index in [1.165, 1.54) is 32.1 Å². The van der Waals surface area contributed by atoms with E-state index in [0.717, 1.165) is 12.0 Å². The number of benzene rings is 1. The third-order valence-electron chi connectivity index (χ3n) is 5.49. The number of amides is 1. The van der Waals surface area contributed by atoms with Crippen molar-refractivity contribution in [1.29, 1.82) is 0 Å². The molecule has 4 rings (SSSR count). The molecule has 21 heavy (non-hydrogen) atoms. The summed E-state index contributed by atoms with van der Waals surface area (Å²) in [5.74, 6) is 1.22. The maximum absolute atomic E-state index is 12.9. The molecule has 2 saturated heterocycles. The lowest BCUT2D eigenvalue weighted by Crippen LogP contribution is -2.34. The van der Waals surface area contributed by atoms with Gasteiger partial charge >= 0.3 is 0 Å². The Morgan fingerprint density at radius 2 is 1.81 bits per heavy atom. The Morgan fingerprint density at radius 3 is 2.57 bits per heavy atom. The topological polar surface area (TPSA) is 29.5 Å². The number of nitrogens with zero attached hydrogens (tertiary/aromatic N) is 1. The van der Waals surface area contributed by atoms with Gasteiger partial charge in [-0.3, -0.25) is 4.79 Å². The summed E-state index contributed by atoms with van der Waals surface area (Å²) in [7, 11) is 0. The van der Waals surface area contributed by atoms with Crippen molar-refractivity contribution < 1.29 is 9.53 Å². The predicted molar refractivity (Wildman–Crippen MR) is 80.5 cm³/mol. The zero-order valence-electron chi connectivity index (χ0n) is 12.4. The van der Waals surface area contributed by atoms with Crippen LogP contribution < -0.4 is 0 Å². The smallest absolute Gasteiger partial charge is 0.228 e. The lowest BCUT2D eigenvalue weighted by molar-refractivity contribution is -0.139. The summed E-state index contributed by atoms with van der Waals surface area (Å²) in [4.78, 5) is 15.0. The molecule has 0 aromatic heterocycles. The van der Waals surface area contributed by atoms with Gasteiger partial charge in [0.25, 0.3) is 0 Å². The molecule has 2 heterocycles. The van der Waals surface area contributed by atoms with E-state index in [4.69, 9.17) is 4.74 Å². The van der Waals surface area contributed by atoms with Crippen LogP contribution >= 0.6 is 0 Å². The van der Waals surface area contributed by atoms with Crippen molar-refractivity contribution in [2.24, 2.45) is 11.8 Å². The average molecular weight is 285 g/mol. The summed E-state index contributed by atoms with van der Waals surface area (Å²) in [6.07, 6.45) is 7.29. The SMILES string of the molecule is O=C1[C@H](C2CCCCC2)C[C@H]2CO[C@H](c3ccccc3)N12. The van der Waals surface area contributed by atoms with Crippen LogP contribution in [0.2, 0.25) is 0 Å². The number of rotatable bonds is 2. The Bertz CT molecular complexity index is 509. The van der Waals surface area contributed by atoms with E-state index in [1.807, 2.05) is 23.1 Å². The molecule has 1 saturated carbocycles. The highest BCUT2D eigenvalue weighted by Gasteiger charge is 2.50. The number of hydrogen-bond donors (Lipinski definition) is 0. The zero-order chi connectivity index (χ0) is 14.2. The van der Waals surface area contributed by atoms with E-state index in [2.05, 4.69) is 12.1 Å². The van der Waals surface area contributed by atoms with Gasteiger partial charge in [-0.15, -0.1) is 0 Å². The van der Waals surface area contributed by atoms with Crippen LogP contribution in [-0.4, -0.2) is 23.5 Å². The molecule has 0 unspecified atom stereocenters. The van der Waals surface area contributed by atoms with Crippen LogP contribution in [0.5, 0.6) is 0 Å². The third-order valence-corrected chi connectivity index (χ3v) is 5.49. The Morgan fingerprint density at radius 1 is 1.05 bits per heavy atom. The van der Waals surface area contributed by atoms with Gasteiger partial charge in [0.2, 0.25) is 5.91 Å². The standard InChI is InChI=1S/C18H23NO2/c20-17-16(13-7-3-1-4-8-13)11-15-12-21-18(19(15)17)14-9-5-2-6-10-14/h2,5-6,9-10,13,15-16,18H,1,3-4,7-8,11-12H2/t15-,16-,18+/m0/s1. The zero-order valence-corrected chi connectivity index (χ0v) is 12.4. The first-order valence-electron chi connectivity index (χ1n) is 8.33. The molecule has 0 radical (unpaired) electrons. The van der Waals surface area contributed by atoms with E-state index in [0.29, 0.717) is 24.5 Å². The number of ether oxygens (including phenoxy) is 1. The molecule has 3 nitrogen and oxygen atoms in total.